The Labute approximate surface area is 84.1 Å². The first-order valence-electron chi connectivity index (χ1n) is 4.52. The van der Waals surface area contributed by atoms with Gasteiger partial charge in [-0.3, -0.25) is 0 Å². The molecule has 1 N–H and O–H groups in total. The summed E-state index contributed by atoms with van der Waals surface area (Å²) in [6.07, 6.45) is 1.69. The Morgan fingerprint density at radius 2 is 2.36 bits per heavy atom. The van der Waals surface area contributed by atoms with Gasteiger partial charge in [0.05, 0.1) is 13.7 Å². The fraction of sp³-hybridized carbons (Fsp3) is 0.500. The zero-order valence-corrected chi connectivity index (χ0v) is 8.77. The lowest BCUT2D eigenvalue weighted by molar-refractivity contribution is 0.270. The van der Waals surface area contributed by atoms with E-state index in [0.717, 1.165) is 5.69 Å². The first-order valence-corrected chi connectivity index (χ1v) is 4.52. The molecule has 0 fully saturated rings. The third-order valence-corrected chi connectivity index (χ3v) is 2.26. The van der Waals surface area contributed by atoms with E-state index < -0.39 is 0 Å². The van der Waals surface area contributed by atoms with E-state index in [2.05, 4.69) is 4.98 Å². The van der Waals surface area contributed by atoms with E-state index in [4.69, 9.17) is 9.84 Å². The second-order valence-electron chi connectivity index (χ2n) is 3.20. The van der Waals surface area contributed by atoms with Crippen molar-refractivity contribution in [3.05, 3.63) is 18.3 Å². The summed E-state index contributed by atoms with van der Waals surface area (Å²) in [6.45, 7) is 2.08. The summed E-state index contributed by atoms with van der Waals surface area (Å²) < 4.78 is 5.02. The minimum absolute atomic E-state index is 0.0853. The van der Waals surface area contributed by atoms with Crippen LogP contribution >= 0.6 is 0 Å². The number of methoxy groups -OCH3 is 1. The Balaban J connectivity index is 2.83. The second-order valence-corrected chi connectivity index (χ2v) is 3.20. The first-order chi connectivity index (χ1) is 6.69. The van der Waals surface area contributed by atoms with Gasteiger partial charge < -0.3 is 14.7 Å². The van der Waals surface area contributed by atoms with Gasteiger partial charge >= 0.3 is 0 Å². The van der Waals surface area contributed by atoms with Crippen LogP contribution in [0.4, 0.5) is 5.69 Å². The number of hydrogen-bond acceptors (Lipinski definition) is 4. The van der Waals surface area contributed by atoms with E-state index in [9.17, 15) is 0 Å². The number of aliphatic hydroxyl groups is 1. The van der Waals surface area contributed by atoms with E-state index >= 15 is 0 Å². The molecule has 1 heterocycles. The van der Waals surface area contributed by atoms with Crippen molar-refractivity contribution < 1.29 is 9.84 Å². The first kappa shape index (κ1) is 10.8. The van der Waals surface area contributed by atoms with Gasteiger partial charge in [0.2, 0.25) is 5.88 Å². The van der Waals surface area contributed by atoms with Crippen LogP contribution in [0.5, 0.6) is 5.88 Å². The monoisotopic (exact) mass is 196 g/mol. The Hall–Kier alpha value is -1.29. The van der Waals surface area contributed by atoms with Gasteiger partial charge in [-0.1, -0.05) is 0 Å². The number of hydrogen-bond donors (Lipinski definition) is 1. The fourth-order valence-corrected chi connectivity index (χ4v) is 1.11. The number of aliphatic hydroxyl groups excluding tert-OH is 1. The molecule has 1 rings (SSSR count). The number of pyridine rings is 1. The Morgan fingerprint density at radius 1 is 1.64 bits per heavy atom. The van der Waals surface area contributed by atoms with Crippen LogP contribution in [0.25, 0.3) is 0 Å². The van der Waals surface area contributed by atoms with Gasteiger partial charge in [0.1, 0.15) is 0 Å². The molecule has 0 radical (unpaired) electrons. The molecule has 0 spiro atoms. The Morgan fingerprint density at radius 3 is 2.93 bits per heavy atom. The standard InChI is InChI=1S/C10H16N2O2/c1-8(7-13)12(2)9-4-5-11-10(6-9)14-3/h4-6,8,13H,7H2,1-3H3. The molecule has 0 aromatic carbocycles. The number of anilines is 1. The van der Waals surface area contributed by atoms with Crippen LogP contribution in [-0.2, 0) is 0 Å². The zero-order valence-electron chi connectivity index (χ0n) is 8.77. The van der Waals surface area contributed by atoms with Gasteiger partial charge in [-0.15, -0.1) is 0 Å². The molecule has 4 heteroatoms. The summed E-state index contributed by atoms with van der Waals surface area (Å²) in [5.74, 6) is 0.583. The summed E-state index contributed by atoms with van der Waals surface area (Å²) in [5, 5.41) is 9.00. The lowest BCUT2D eigenvalue weighted by Gasteiger charge is -2.25. The van der Waals surface area contributed by atoms with Crippen LogP contribution in [0.2, 0.25) is 0 Å². The molecular weight excluding hydrogens is 180 g/mol. The highest BCUT2D eigenvalue weighted by Crippen LogP contribution is 2.18. The molecule has 4 nitrogen and oxygen atoms in total. The van der Waals surface area contributed by atoms with Crippen LogP contribution < -0.4 is 9.64 Å². The highest BCUT2D eigenvalue weighted by Gasteiger charge is 2.09. The van der Waals surface area contributed by atoms with Crippen LogP contribution in [0, 0.1) is 0 Å². The van der Waals surface area contributed by atoms with Gasteiger partial charge in [0, 0.05) is 31.0 Å². The highest BCUT2D eigenvalue weighted by atomic mass is 16.5. The van der Waals surface area contributed by atoms with Crippen LogP contribution in [0.1, 0.15) is 6.92 Å². The van der Waals surface area contributed by atoms with Crippen molar-refractivity contribution in [2.45, 2.75) is 13.0 Å². The number of rotatable bonds is 4. The molecular formula is C10H16N2O2. The lowest BCUT2D eigenvalue weighted by atomic mass is 10.2. The van der Waals surface area contributed by atoms with Crippen molar-refractivity contribution in [3.63, 3.8) is 0 Å². The maximum atomic E-state index is 9.00. The van der Waals surface area contributed by atoms with Crippen LogP contribution in [-0.4, -0.2) is 36.9 Å². The van der Waals surface area contributed by atoms with Gasteiger partial charge in [-0.25, -0.2) is 4.98 Å². The smallest absolute Gasteiger partial charge is 0.214 e. The van der Waals surface area contributed by atoms with Crippen molar-refractivity contribution in [3.8, 4) is 5.88 Å². The summed E-state index contributed by atoms with van der Waals surface area (Å²) in [7, 11) is 3.51. The van der Waals surface area contributed by atoms with Gasteiger partial charge in [-0.05, 0) is 13.0 Å². The van der Waals surface area contributed by atoms with Crippen LogP contribution in [0.15, 0.2) is 18.3 Å². The lowest BCUT2D eigenvalue weighted by Crippen LogP contribution is -2.31. The minimum Gasteiger partial charge on any atom is -0.481 e. The predicted octanol–water partition coefficient (Wildman–Crippen LogP) is 0.907. The molecule has 0 saturated heterocycles. The Kier molecular flexibility index (Phi) is 3.71. The molecule has 1 aromatic rings. The molecule has 1 unspecified atom stereocenters. The topological polar surface area (TPSA) is 45.6 Å². The van der Waals surface area contributed by atoms with Crippen molar-refractivity contribution in [2.75, 3.05) is 25.7 Å². The van der Waals surface area contributed by atoms with E-state index in [1.165, 1.54) is 0 Å². The summed E-state index contributed by atoms with van der Waals surface area (Å²) in [5.41, 5.74) is 0.985. The molecule has 14 heavy (non-hydrogen) atoms. The minimum atomic E-state index is 0.0853. The molecule has 0 aliphatic heterocycles. The van der Waals surface area contributed by atoms with Crippen molar-refractivity contribution >= 4 is 5.69 Å². The maximum Gasteiger partial charge on any atom is 0.214 e. The number of ether oxygens (including phenoxy) is 1. The third-order valence-electron chi connectivity index (χ3n) is 2.26. The molecule has 1 aromatic heterocycles. The van der Waals surface area contributed by atoms with E-state index in [1.807, 2.05) is 31.0 Å². The SMILES string of the molecule is COc1cc(N(C)C(C)CO)ccn1. The summed E-state index contributed by atoms with van der Waals surface area (Å²) >= 11 is 0. The quantitative estimate of drug-likeness (QED) is 0.777. The van der Waals surface area contributed by atoms with Gasteiger partial charge in [0.15, 0.2) is 0 Å². The van der Waals surface area contributed by atoms with Crippen LogP contribution in [0.3, 0.4) is 0 Å². The third kappa shape index (κ3) is 2.35. The molecule has 78 valence electrons. The largest absolute Gasteiger partial charge is 0.481 e. The molecule has 0 amide bonds. The number of aromatic nitrogens is 1. The summed E-state index contributed by atoms with van der Waals surface area (Å²) in [6, 6.07) is 3.81. The van der Waals surface area contributed by atoms with E-state index in [-0.39, 0.29) is 12.6 Å². The average Bonchev–Trinajstić information content (AvgIpc) is 2.27. The Bertz CT molecular complexity index is 291. The normalized spacial score (nSPS) is 12.3. The zero-order chi connectivity index (χ0) is 10.6. The van der Waals surface area contributed by atoms with Crippen molar-refractivity contribution in [1.29, 1.82) is 0 Å². The van der Waals surface area contributed by atoms with Gasteiger partial charge in [0.25, 0.3) is 0 Å². The molecule has 0 aliphatic carbocycles. The second kappa shape index (κ2) is 4.81. The molecule has 0 saturated carbocycles. The summed E-state index contributed by atoms with van der Waals surface area (Å²) in [4.78, 5) is 5.99. The predicted molar refractivity (Wildman–Crippen MR) is 55.7 cm³/mol. The average molecular weight is 196 g/mol. The van der Waals surface area contributed by atoms with Crippen molar-refractivity contribution in [2.24, 2.45) is 0 Å². The molecule has 1 atom stereocenters. The number of likely N-dealkylation sites (N-methyl/N-ethyl adjacent to an activating group) is 1. The highest BCUT2D eigenvalue weighted by molar-refractivity contribution is 5.48. The maximum absolute atomic E-state index is 9.00. The van der Waals surface area contributed by atoms with Gasteiger partial charge in [-0.2, -0.15) is 0 Å². The fourth-order valence-electron chi connectivity index (χ4n) is 1.11. The van der Waals surface area contributed by atoms with E-state index in [1.54, 1.807) is 13.3 Å². The van der Waals surface area contributed by atoms with Crippen molar-refractivity contribution in [1.82, 2.24) is 4.98 Å². The molecule has 0 bridgehead atoms. The molecule has 0 aliphatic rings. The number of nitrogens with zero attached hydrogens (tertiary/aromatic N) is 2. The van der Waals surface area contributed by atoms with E-state index in [0.29, 0.717) is 5.88 Å².